The maximum Gasteiger partial charge on any atom is 0.366 e. The van der Waals surface area contributed by atoms with E-state index in [2.05, 4.69) is 50.3 Å². The van der Waals surface area contributed by atoms with Gasteiger partial charge in [0.15, 0.2) is 11.3 Å². The predicted molar refractivity (Wildman–Crippen MR) is 156 cm³/mol. The molecule has 0 saturated carbocycles. The summed E-state index contributed by atoms with van der Waals surface area (Å²) >= 11 is 0. The maximum absolute atomic E-state index is 14.0. The molecule has 0 unspecified atom stereocenters. The number of imidazole rings is 1. The molecule has 2 aliphatic heterocycles. The molecule has 224 valence electrons. The minimum atomic E-state index is -0.936. The number of hydrogen-bond acceptors (Lipinski definition) is 10. The number of rotatable bonds is 6. The zero-order chi connectivity index (χ0) is 30.4. The normalized spacial score (nSPS) is 15.8. The summed E-state index contributed by atoms with van der Waals surface area (Å²) in [6.07, 6.45) is 1.16. The van der Waals surface area contributed by atoms with Crippen molar-refractivity contribution < 1.29 is 19.4 Å². The fourth-order valence-electron chi connectivity index (χ4n) is 5.60. The lowest BCUT2D eigenvalue weighted by atomic mass is 9.98. The number of piperazine rings is 1. The van der Waals surface area contributed by atoms with Gasteiger partial charge >= 0.3 is 11.7 Å². The number of aromatic nitrogens is 5. The van der Waals surface area contributed by atoms with Crippen LogP contribution in [0.3, 0.4) is 0 Å². The van der Waals surface area contributed by atoms with Gasteiger partial charge in [0.25, 0.3) is 5.91 Å². The summed E-state index contributed by atoms with van der Waals surface area (Å²) in [5, 5.41) is 18.3. The first-order valence-corrected chi connectivity index (χ1v) is 14.3. The van der Waals surface area contributed by atoms with Gasteiger partial charge in [-0.05, 0) is 41.3 Å². The van der Waals surface area contributed by atoms with Gasteiger partial charge in [-0.3, -0.25) is 9.69 Å². The third kappa shape index (κ3) is 5.48. The Balaban J connectivity index is 1.26. The Labute approximate surface area is 247 Å². The molecule has 1 saturated heterocycles. The van der Waals surface area contributed by atoms with Crippen LogP contribution in [0.15, 0.2) is 41.5 Å². The van der Waals surface area contributed by atoms with Gasteiger partial charge in [0.05, 0.1) is 5.56 Å². The van der Waals surface area contributed by atoms with Gasteiger partial charge in [-0.25, -0.2) is 19.0 Å². The summed E-state index contributed by atoms with van der Waals surface area (Å²) in [4.78, 5) is 50.0. The van der Waals surface area contributed by atoms with Crippen molar-refractivity contribution in [2.45, 2.75) is 39.4 Å². The number of phenolic OH excluding ortho intramolecular Hbond substituents is 1. The Bertz CT molecular complexity index is 1790. The molecule has 1 amide bonds. The highest BCUT2D eigenvalue weighted by atomic mass is 16.5. The standard InChI is InChI=1S/C30H34N8O5/c1-18(2)22-12-23(25(13-24(22)39)43-29(41)26-27-32-33-35(4)30(42)38(27)17-31-26)28(40)37-15-20-6-5-19(11-21(20)16-37)14-36-9-7-34(3)8-10-36/h5-6,11-13,17-18,39H,7-10,14-16H2,1-4H3. The van der Waals surface area contributed by atoms with Crippen molar-refractivity contribution in [1.29, 1.82) is 0 Å². The number of esters is 1. The molecule has 2 aromatic heterocycles. The Morgan fingerprint density at radius 2 is 1.77 bits per heavy atom. The highest BCUT2D eigenvalue weighted by molar-refractivity contribution is 6.00. The second-order valence-corrected chi connectivity index (χ2v) is 11.6. The molecule has 43 heavy (non-hydrogen) atoms. The van der Waals surface area contributed by atoms with Crippen molar-refractivity contribution in [3.63, 3.8) is 0 Å². The summed E-state index contributed by atoms with van der Waals surface area (Å²) in [6.45, 7) is 9.65. The topological polar surface area (TPSA) is 138 Å². The Morgan fingerprint density at radius 3 is 2.51 bits per heavy atom. The molecule has 1 fully saturated rings. The number of amides is 1. The van der Waals surface area contributed by atoms with E-state index in [4.69, 9.17) is 4.74 Å². The number of likely N-dealkylation sites (N-methyl/N-ethyl adjacent to an activating group) is 1. The number of aryl methyl sites for hydroxylation is 1. The van der Waals surface area contributed by atoms with E-state index >= 15 is 0 Å². The fraction of sp³-hybridized carbons (Fsp3) is 0.400. The first kappa shape index (κ1) is 28.5. The highest BCUT2D eigenvalue weighted by Gasteiger charge is 2.30. The number of carbonyl (C=O) groups excluding carboxylic acids is 2. The number of aromatic hydroxyl groups is 1. The molecule has 1 N–H and O–H groups in total. The second-order valence-electron chi connectivity index (χ2n) is 11.6. The van der Waals surface area contributed by atoms with Crippen LogP contribution in [0, 0.1) is 0 Å². The van der Waals surface area contributed by atoms with Gasteiger partial charge in [-0.1, -0.05) is 37.3 Å². The summed E-state index contributed by atoms with van der Waals surface area (Å²) in [5.41, 5.74) is 3.22. The van der Waals surface area contributed by atoms with Gasteiger partial charge < -0.3 is 19.6 Å². The largest absolute Gasteiger partial charge is 0.508 e. The number of carbonyl (C=O) groups is 2. The zero-order valence-electron chi connectivity index (χ0n) is 24.6. The van der Waals surface area contributed by atoms with Crippen molar-refractivity contribution in [2.24, 2.45) is 7.05 Å². The molecule has 4 aromatic rings. The number of nitrogens with zero attached hydrogens (tertiary/aromatic N) is 8. The minimum Gasteiger partial charge on any atom is -0.508 e. The van der Waals surface area contributed by atoms with Crippen LogP contribution in [0.4, 0.5) is 0 Å². The molecule has 13 nitrogen and oxygen atoms in total. The van der Waals surface area contributed by atoms with Crippen LogP contribution in [0.1, 0.15) is 62.9 Å². The van der Waals surface area contributed by atoms with E-state index in [0.717, 1.165) is 59.3 Å². The van der Waals surface area contributed by atoms with Crippen LogP contribution < -0.4 is 10.4 Å². The van der Waals surface area contributed by atoms with E-state index in [-0.39, 0.29) is 40.2 Å². The monoisotopic (exact) mass is 586 g/mol. The fourth-order valence-corrected chi connectivity index (χ4v) is 5.60. The maximum atomic E-state index is 14.0. The molecule has 2 aromatic carbocycles. The molecular formula is C30H34N8O5. The van der Waals surface area contributed by atoms with Crippen LogP contribution in [0.5, 0.6) is 11.5 Å². The van der Waals surface area contributed by atoms with E-state index in [1.54, 1.807) is 11.0 Å². The second kappa shape index (κ2) is 11.2. The lowest BCUT2D eigenvalue weighted by Gasteiger charge is -2.32. The van der Waals surface area contributed by atoms with Crippen LogP contribution in [-0.2, 0) is 26.7 Å². The molecule has 2 aliphatic rings. The molecule has 0 radical (unpaired) electrons. The molecule has 0 aliphatic carbocycles. The lowest BCUT2D eigenvalue weighted by Crippen LogP contribution is -2.43. The van der Waals surface area contributed by atoms with Crippen LogP contribution in [-0.4, -0.2) is 89.3 Å². The van der Waals surface area contributed by atoms with E-state index in [1.165, 1.54) is 18.7 Å². The zero-order valence-corrected chi connectivity index (χ0v) is 24.6. The quantitative estimate of drug-likeness (QED) is 0.263. The Hall–Kier alpha value is -4.62. The third-order valence-corrected chi connectivity index (χ3v) is 8.16. The molecule has 0 atom stereocenters. The summed E-state index contributed by atoms with van der Waals surface area (Å²) in [7, 11) is 3.56. The van der Waals surface area contributed by atoms with Crippen LogP contribution in [0.25, 0.3) is 5.65 Å². The number of ether oxygens (including phenoxy) is 1. The summed E-state index contributed by atoms with van der Waals surface area (Å²) in [5.74, 6) is -1.57. The van der Waals surface area contributed by atoms with Gasteiger partial charge in [0.1, 0.15) is 17.8 Å². The average molecular weight is 587 g/mol. The van der Waals surface area contributed by atoms with Crippen molar-refractivity contribution in [3.05, 3.63) is 80.7 Å². The first-order chi connectivity index (χ1) is 20.6. The number of benzene rings is 2. The molecule has 4 heterocycles. The van der Waals surface area contributed by atoms with E-state index in [1.807, 2.05) is 13.8 Å². The van der Waals surface area contributed by atoms with Gasteiger partial charge in [0.2, 0.25) is 0 Å². The SMILES string of the molecule is CC(C)c1cc(C(=O)N2Cc3ccc(CN4CCN(C)CC4)cc3C2)c(OC(=O)c2ncn3c(=O)n(C)nnc23)cc1O. The predicted octanol–water partition coefficient (Wildman–Crippen LogP) is 1.77. The lowest BCUT2D eigenvalue weighted by molar-refractivity contribution is 0.0710. The van der Waals surface area contributed by atoms with Crippen molar-refractivity contribution >= 4 is 17.5 Å². The van der Waals surface area contributed by atoms with Crippen LogP contribution >= 0.6 is 0 Å². The van der Waals surface area contributed by atoms with Crippen LogP contribution in [0.2, 0.25) is 0 Å². The first-order valence-electron chi connectivity index (χ1n) is 14.3. The molecule has 0 bridgehead atoms. The Morgan fingerprint density at radius 1 is 1.02 bits per heavy atom. The van der Waals surface area contributed by atoms with E-state index < -0.39 is 11.7 Å². The smallest absolute Gasteiger partial charge is 0.366 e. The third-order valence-electron chi connectivity index (χ3n) is 8.16. The summed E-state index contributed by atoms with van der Waals surface area (Å²) < 4.78 is 7.73. The number of fused-ring (bicyclic) bond motifs is 2. The van der Waals surface area contributed by atoms with Crippen molar-refractivity contribution in [1.82, 2.24) is 39.1 Å². The number of hydrogen-bond donors (Lipinski definition) is 1. The molecule has 6 rings (SSSR count). The highest BCUT2D eigenvalue weighted by Crippen LogP contribution is 2.36. The van der Waals surface area contributed by atoms with E-state index in [0.29, 0.717) is 18.7 Å². The van der Waals surface area contributed by atoms with E-state index in [9.17, 15) is 19.5 Å². The molecule has 0 spiro atoms. The van der Waals surface area contributed by atoms with Crippen molar-refractivity contribution in [3.8, 4) is 11.5 Å². The average Bonchev–Trinajstić information content (AvgIpc) is 3.60. The van der Waals surface area contributed by atoms with Gasteiger partial charge in [-0.15, -0.1) is 5.10 Å². The number of phenols is 1. The molecule has 13 heteroatoms. The summed E-state index contributed by atoms with van der Waals surface area (Å²) in [6, 6.07) is 9.24. The molecular weight excluding hydrogens is 552 g/mol. The van der Waals surface area contributed by atoms with Gasteiger partial charge in [0, 0.05) is 58.9 Å². The minimum absolute atomic E-state index is 0.0774. The van der Waals surface area contributed by atoms with Gasteiger partial charge in [-0.2, -0.15) is 4.68 Å². The Kier molecular flexibility index (Phi) is 7.44. The van der Waals surface area contributed by atoms with Crippen molar-refractivity contribution in [2.75, 3.05) is 33.2 Å².